The molecule has 1 aliphatic heterocycles. The summed E-state index contributed by atoms with van der Waals surface area (Å²) < 4.78 is 31.5. The topological polar surface area (TPSA) is 62.6 Å². The summed E-state index contributed by atoms with van der Waals surface area (Å²) >= 11 is 0. The van der Waals surface area contributed by atoms with E-state index in [1.165, 1.54) is 22.6 Å². The highest BCUT2D eigenvalue weighted by Gasteiger charge is 2.47. The number of hydrogen-bond donors (Lipinski definition) is 0. The number of halogens is 2. The fraction of sp³-hybridized carbons (Fsp3) is 0.222. The van der Waals surface area contributed by atoms with E-state index in [2.05, 4.69) is 11.8 Å². The van der Waals surface area contributed by atoms with Gasteiger partial charge >= 0.3 is 6.03 Å². The van der Waals surface area contributed by atoms with E-state index in [-0.39, 0.29) is 17.5 Å². The van der Waals surface area contributed by atoms with Gasteiger partial charge in [-0.2, -0.15) is 0 Å². The molecule has 178 valence electrons. The lowest BCUT2D eigenvalue weighted by molar-refractivity contribution is -0.122. The van der Waals surface area contributed by atoms with Crippen molar-refractivity contribution in [1.82, 2.24) is 9.47 Å². The maximum atomic E-state index is 15.0. The molecule has 1 saturated heterocycles. The van der Waals surface area contributed by atoms with E-state index in [1.807, 2.05) is 6.07 Å². The SMILES string of the molecule is CCn1cc([C@]2(C)CC(=O)N(c3c(F)cc(C#Cc4ccccc4)cc3F)C(=O)N2C)ccc1=O. The van der Waals surface area contributed by atoms with Gasteiger partial charge in [0.15, 0.2) is 11.6 Å². The van der Waals surface area contributed by atoms with E-state index < -0.39 is 34.8 Å². The first-order valence-corrected chi connectivity index (χ1v) is 11.0. The maximum Gasteiger partial charge on any atom is 0.332 e. The lowest BCUT2D eigenvalue weighted by Gasteiger charge is -2.45. The van der Waals surface area contributed by atoms with Gasteiger partial charge in [0.1, 0.15) is 5.69 Å². The van der Waals surface area contributed by atoms with Crippen LogP contribution in [0.5, 0.6) is 0 Å². The Labute approximate surface area is 201 Å². The molecule has 0 radical (unpaired) electrons. The summed E-state index contributed by atoms with van der Waals surface area (Å²) in [5, 5.41) is 0. The molecular formula is C27H23F2N3O3. The molecule has 0 N–H and O–H groups in total. The van der Waals surface area contributed by atoms with E-state index in [1.54, 1.807) is 50.4 Å². The largest absolute Gasteiger partial charge is 0.332 e. The van der Waals surface area contributed by atoms with E-state index in [4.69, 9.17) is 0 Å². The van der Waals surface area contributed by atoms with Gasteiger partial charge in [0.25, 0.3) is 5.56 Å². The second-order valence-corrected chi connectivity index (χ2v) is 8.47. The predicted molar refractivity (Wildman–Crippen MR) is 128 cm³/mol. The van der Waals surface area contributed by atoms with E-state index >= 15 is 8.78 Å². The summed E-state index contributed by atoms with van der Waals surface area (Å²) in [5.41, 5.74) is -0.743. The minimum absolute atomic E-state index is 0.0736. The monoisotopic (exact) mass is 475 g/mol. The molecule has 0 bridgehead atoms. The average Bonchev–Trinajstić information content (AvgIpc) is 2.84. The summed E-state index contributed by atoms with van der Waals surface area (Å²) in [6, 6.07) is 13.0. The summed E-state index contributed by atoms with van der Waals surface area (Å²) in [4.78, 5) is 40.1. The van der Waals surface area contributed by atoms with Gasteiger partial charge in [0.2, 0.25) is 5.91 Å². The van der Waals surface area contributed by atoms with E-state index in [0.29, 0.717) is 22.6 Å². The highest BCUT2D eigenvalue weighted by molar-refractivity contribution is 6.16. The van der Waals surface area contributed by atoms with Gasteiger partial charge in [-0.25, -0.2) is 18.5 Å². The summed E-state index contributed by atoms with van der Waals surface area (Å²) in [6.07, 6.45) is 1.36. The van der Waals surface area contributed by atoms with Crippen LogP contribution in [0.3, 0.4) is 0 Å². The van der Waals surface area contributed by atoms with Crippen molar-refractivity contribution in [3.63, 3.8) is 0 Å². The van der Waals surface area contributed by atoms with Gasteiger partial charge in [0, 0.05) is 37.0 Å². The van der Waals surface area contributed by atoms with Gasteiger partial charge < -0.3 is 9.47 Å². The van der Waals surface area contributed by atoms with Crippen molar-refractivity contribution in [2.45, 2.75) is 32.4 Å². The van der Waals surface area contributed by atoms with Crippen molar-refractivity contribution in [2.24, 2.45) is 0 Å². The van der Waals surface area contributed by atoms with Gasteiger partial charge in [-0.1, -0.05) is 30.0 Å². The molecule has 6 nitrogen and oxygen atoms in total. The molecule has 3 amide bonds. The third-order valence-corrected chi connectivity index (χ3v) is 6.27. The molecule has 8 heteroatoms. The number of aromatic nitrogens is 1. The standard InChI is InChI=1S/C27H23F2N3O3/c1-4-31-17-20(12-13-23(31)33)27(2)16-24(34)32(26(35)30(27)3)25-21(28)14-19(15-22(25)29)11-10-18-8-6-5-7-9-18/h5-9,12-15,17H,4,16H2,1-3H3/t27-/m0/s1. The van der Waals surface area contributed by atoms with Crippen LogP contribution in [-0.4, -0.2) is 28.5 Å². The van der Waals surface area contributed by atoms with Crippen molar-refractivity contribution in [3.8, 4) is 11.8 Å². The van der Waals surface area contributed by atoms with Crippen molar-refractivity contribution < 1.29 is 18.4 Å². The van der Waals surface area contributed by atoms with Crippen molar-refractivity contribution in [3.05, 3.63) is 99.5 Å². The van der Waals surface area contributed by atoms with Crippen molar-refractivity contribution in [1.29, 1.82) is 0 Å². The predicted octanol–water partition coefficient (Wildman–Crippen LogP) is 4.25. The van der Waals surface area contributed by atoms with Crippen LogP contribution in [0.15, 0.2) is 65.6 Å². The number of rotatable bonds is 3. The lowest BCUT2D eigenvalue weighted by atomic mass is 9.85. The number of pyridine rings is 1. The number of carbonyl (C=O) groups excluding carboxylic acids is 2. The number of carbonyl (C=O) groups is 2. The lowest BCUT2D eigenvalue weighted by Crippen LogP contribution is -2.60. The van der Waals surface area contributed by atoms with Gasteiger partial charge in [-0.3, -0.25) is 9.59 Å². The smallest absolute Gasteiger partial charge is 0.317 e. The minimum atomic E-state index is -1.11. The van der Waals surface area contributed by atoms with Crippen LogP contribution in [0.2, 0.25) is 0 Å². The fourth-order valence-corrected chi connectivity index (χ4v) is 4.09. The average molecular weight is 475 g/mol. The second kappa shape index (κ2) is 9.18. The molecule has 1 aromatic heterocycles. The highest BCUT2D eigenvalue weighted by Crippen LogP contribution is 2.38. The van der Waals surface area contributed by atoms with E-state index in [0.717, 1.165) is 12.1 Å². The Hall–Kier alpha value is -4.25. The van der Waals surface area contributed by atoms with Gasteiger partial charge in [-0.15, -0.1) is 0 Å². The zero-order valence-corrected chi connectivity index (χ0v) is 19.5. The highest BCUT2D eigenvalue weighted by atomic mass is 19.1. The van der Waals surface area contributed by atoms with Crippen LogP contribution in [0.4, 0.5) is 19.3 Å². The quantitative estimate of drug-likeness (QED) is 0.532. The number of nitrogens with zero attached hydrogens (tertiary/aromatic N) is 3. The molecule has 0 unspecified atom stereocenters. The Balaban J connectivity index is 1.68. The van der Waals surface area contributed by atoms with E-state index in [9.17, 15) is 14.4 Å². The first kappa shape index (κ1) is 23.9. The number of anilines is 1. The third-order valence-electron chi connectivity index (χ3n) is 6.27. The molecule has 0 saturated carbocycles. The molecule has 35 heavy (non-hydrogen) atoms. The molecule has 1 atom stereocenters. The first-order chi connectivity index (χ1) is 16.7. The van der Waals surface area contributed by atoms with Crippen LogP contribution < -0.4 is 10.5 Å². The van der Waals surface area contributed by atoms with Crippen LogP contribution in [0, 0.1) is 23.5 Å². The third kappa shape index (κ3) is 4.33. The number of aryl methyl sites for hydroxylation is 1. The Morgan fingerprint density at radius 2 is 1.57 bits per heavy atom. The molecule has 0 aliphatic carbocycles. The van der Waals surface area contributed by atoms with Gasteiger partial charge in [0.05, 0.1) is 12.0 Å². The van der Waals surface area contributed by atoms with Crippen LogP contribution in [0.1, 0.15) is 37.0 Å². The Morgan fingerprint density at radius 3 is 2.20 bits per heavy atom. The molecule has 4 rings (SSSR count). The molecule has 3 aromatic rings. The summed E-state index contributed by atoms with van der Waals surface area (Å²) in [5.74, 6) is 2.62. The number of amides is 3. The molecule has 2 aromatic carbocycles. The zero-order chi connectivity index (χ0) is 25.3. The summed E-state index contributed by atoms with van der Waals surface area (Å²) in [6.45, 7) is 3.89. The summed E-state index contributed by atoms with van der Waals surface area (Å²) in [7, 11) is 1.46. The number of imide groups is 1. The number of hydrogen-bond acceptors (Lipinski definition) is 3. The Morgan fingerprint density at radius 1 is 0.943 bits per heavy atom. The minimum Gasteiger partial charge on any atom is -0.317 e. The Bertz CT molecular complexity index is 1420. The van der Waals surface area contributed by atoms with Gasteiger partial charge in [-0.05, 0) is 49.7 Å². The Kier molecular flexibility index (Phi) is 6.27. The molecule has 2 heterocycles. The maximum absolute atomic E-state index is 15.0. The van der Waals surface area contributed by atoms with Crippen molar-refractivity contribution >= 4 is 17.6 Å². The fourth-order valence-electron chi connectivity index (χ4n) is 4.09. The van der Waals surface area contributed by atoms with Crippen LogP contribution >= 0.6 is 0 Å². The molecule has 1 fully saturated rings. The first-order valence-electron chi connectivity index (χ1n) is 11.0. The molecular weight excluding hydrogens is 452 g/mol. The normalized spacial score (nSPS) is 17.9. The van der Waals surface area contributed by atoms with Crippen LogP contribution in [0.25, 0.3) is 0 Å². The molecule has 1 aliphatic rings. The number of urea groups is 1. The molecule has 0 spiro atoms. The van der Waals surface area contributed by atoms with Crippen LogP contribution in [-0.2, 0) is 16.9 Å². The van der Waals surface area contributed by atoms with Crippen molar-refractivity contribution in [2.75, 3.05) is 11.9 Å². The second-order valence-electron chi connectivity index (χ2n) is 8.47. The zero-order valence-electron chi connectivity index (χ0n) is 19.5. The number of benzene rings is 2.